The van der Waals surface area contributed by atoms with E-state index in [2.05, 4.69) is 9.97 Å². The zero-order valence-electron chi connectivity index (χ0n) is 10.6. The summed E-state index contributed by atoms with van der Waals surface area (Å²) in [6.45, 7) is 2.18. The van der Waals surface area contributed by atoms with Crippen LogP contribution < -0.4 is 0 Å². The monoisotopic (exact) mass is 246 g/mol. The minimum atomic E-state index is -0.341. The minimum absolute atomic E-state index is 0.341. The van der Waals surface area contributed by atoms with E-state index >= 15 is 0 Å². The van der Waals surface area contributed by atoms with Crippen LogP contribution in [0.1, 0.15) is 54.8 Å². The molecule has 96 valence electrons. The lowest BCUT2D eigenvalue weighted by Crippen LogP contribution is -2.13. The minimum Gasteiger partial charge on any atom is -0.461 e. The first-order valence-electron chi connectivity index (χ1n) is 6.79. The largest absolute Gasteiger partial charge is 0.461 e. The highest BCUT2D eigenvalue weighted by Crippen LogP contribution is 2.53. The molecule has 0 aliphatic heterocycles. The third kappa shape index (κ3) is 2.37. The summed E-state index contributed by atoms with van der Waals surface area (Å²) in [5.74, 6) is 2.47. The molecule has 2 fully saturated rings. The summed E-state index contributed by atoms with van der Waals surface area (Å²) in [5, 5.41) is 0. The molecular formula is C14H18N2O2. The lowest BCUT2D eigenvalue weighted by Gasteiger charge is -2.14. The normalized spacial score (nSPS) is 19.0. The highest BCUT2D eigenvalue weighted by atomic mass is 16.5. The molecule has 0 atom stereocenters. The summed E-state index contributed by atoms with van der Waals surface area (Å²) in [5.41, 5.74) is 0.396. The SMILES string of the molecule is CCOC(=O)c1ccnc(C(C2CC2)C2CC2)n1. The summed E-state index contributed by atoms with van der Waals surface area (Å²) in [6.07, 6.45) is 6.83. The Labute approximate surface area is 107 Å². The Kier molecular flexibility index (Phi) is 3.02. The summed E-state index contributed by atoms with van der Waals surface area (Å²) in [6, 6.07) is 1.64. The maximum absolute atomic E-state index is 11.7. The zero-order valence-corrected chi connectivity index (χ0v) is 10.6. The molecule has 1 aromatic heterocycles. The fourth-order valence-corrected chi connectivity index (χ4v) is 2.57. The quantitative estimate of drug-likeness (QED) is 0.749. The van der Waals surface area contributed by atoms with E-state index in [9.17, 15) is 4.79 Å². The highest BCUT2D eigenvalue weighted by Gasteiger charge is 2.44. The van der Waals surface area contributed by atoms with Crippen molar-refractivity contribution in [3.05, 3.63) is 23.8 Å². The third-order valence-corrected chi connectivity index (χ3v) is 3.72. The first kappa shape index (κ1) is 11.6. The molecule has 4 nitrogen and oxygen atoms in total. The number of nitrogens with zero attached hydrogens (tertiary/aromatic N) is 2. The van der Waals surface area contributed by atoms with E-state index in [4.69, 9.17) is 4.74 Å². The number of hydrogen-bond acceptors (Lipinski definition) is 4. The lowest BCUT2D eigenvalue weighted by molar-refractivity contribution is 0.0518. The van der Waals surface area contributed by atoms with Crippen molar-refractivity contribution in [2.24, 2.45) is 11.8 Å². The van der Waals surface area contributed by atoms with Crippen LogP contribution in [0.25, 0.3) is 0 Å². The van der Waals surface area contributed by atoms with Gasteiger partial charge in [0.15, 0.2) is 5.69 Å². The van der Waals surface area contributed by atoms with Crippen molar-refractivity contribution < 1.29 is 9.53 Å². The van der Waals surface area contributed by atoms with Gasteiger partial charge in [-0.2, -0.15) is 0 Å². The molecule has 0 spiro atoms. The Hall–Kier alpha value is -1.45. The van der Waals surface area contributed by atoms with Gasteiger partial charge in [0, 0.05) is 12.1 Å². The maximum atomic E-state index is 11.7. The predicted octanol–water partition coefficient (Wildman–Crippen LogP) is 2.56. The van der Waals surface area contributed by atoms with Crippen molar-refractivity contribution in [2.75, 3.05) is 6.61 Å². The van der Waals surface area contributed by atoms with Gasteiger partial charge in [0.1, 0.15) is 5.82 Å². The molecule has 0 radical (unpaired) electrons. The first-order chi connectivity index (χ1) is 8.79. The molecule has 3 rings (SSSR count). The molecule has 0 aromatic carbocycles. The van der Waals surface area contributed by atoms with Gasteiger partial charge >= 0.3 is 5.97 Å². The molecule has 1 heterocycles. The van der Waals surface area contributed by atoms with Gasteiger partial charge in [-0.05, 0) is 50.5 Å². The van der Waals surface area contributed by atoms with Crippen LogP contribution >= 0.6 is 0 Å². The maximum Gasteiger partial charge on any atom is 0.357 e. The van der Waals surface area contributed by atoms with Crippen molar-refractivity contribution in [3.8, 4) is 0 Å². The van der Waals surface area contributed by atoms with Crippen LogP contribution in [-0.4, -0.2) is 22.5 Å². The average molecular weight is 246 g/mol. The number of carbonyl (C=O) groups excluding carboxylic acids is 1. The average Bonchev–Trinajstić information content (AvgIpc) is 3.24. The Morgan fingerprint density at radius 1 is 1.39 bits per heavy atom. The first-order valence-corrected chi connectivity index (χ1v) is 6.79. The van der Waals surface area contributed by atoms with Gasteiger partial charge in [-0.1, -0.05) is 0 Å². The van der Waals surface area contributed by atoms with Crippen molar-refractivity contribution in [3.63, 3.8) is 0 Å². The fraction of sp³-hybridized carbons (Fsp3) is 0.643. The number of ether oxygens (including phenoxy) is 1. The molecule has 2 aliphatic rings. The van der Waals surface area contributed by atoms with Gasteiger partial charge in [0.05, 0.1) is 6.61 Å². The Bertz CT molecular complexity index is 441. The number of rotatable bonds is 5. The third-order valence-electron chi connectivity index (χ3n) is 3.72. The number of hydrogen-bond donors (Lipinski definition) is 0. The van der Waals surface area contributed by atoms with Gasteiger partial charge in [-0.15, -0.1) is 0 Å². The van der Waals surface area contributed by atoms with Crippen LogP contribution in [0.15, 0.2) is 12.3 Å². The summed E-state index contributed by atoms with van der Waals surface area (Å²) in [7, 11) is 0. The van der Waals surface area contributed by atoms with E-state index in [0.29, 0.717) is 18.2 Å². The van der Waals surface area contributed by atoms with Gasteiger partial charge in [-0.25, -0.2) is 14.8 Å². The van der Waals surface area contributed by atoms with Gasteiger partial charge < -0.3 is 4.74 Å². The van der Waals surface area contributed by atoms with Gasteiger partial charge in [-0.3, -0.25) is 0 Å². The second-order valence-electron chi connectivity index (χ2n) is 5.22. The molecule has 0 N–H and O–H groups in total. The summed E-state index contributed by atoms with van der Waals surface area (Å²) < 4.78 is 4.99. The van der Waals surface area contributed by atoms with Crippen molar-refractivity contribution in [2.45, 2.75) is 38.5 Å². The molecule has 0 amide bonds. The van der Waals surface area contributed by atoms with Crippen LogP contribution in [-0.2, 0) is 4.74 Å². The Balaban J connectivity index is 1.82. The number of aromatic nitrogens is 2. The molecule has 2 aliphatic carbocycles. The van der Waals surface area contributed by atoms with E-state index in [1.165, 1.54) is 25.7 Å². The molecule has 0 bridgehead atoms. The summed E-state index contributed by atoms with van der Waals surface area (Å²) >= 11 is 0. The molecule has 0 unspecified atom stereocenters. The van der Waals surface area contributed by atoms with Crippen molar-refractivity contribution in [1.82, 2.24) is 9.97 Å². The smallest absolute Gasteiger partial charge is 0.357 e. The molecule has 2 saturated carbocycles. The highest BCUT2D eigenvalue weighted by molar-refractivity contribution is 5.87. The van der Waals surface area contributed by atoms with Crippen molar-refractivity contribution in [1.29, 1.82) is 0 Å². The number of esters is 1. The molecule has 18 heavy (non-hydrogen) atoms. The van der Waals surface area contributed by atoms with Gasteiger partial charge in [0.25, 0.3) is 0 Å². The van der Waals surface area contributed by atoms with Crippen molar-refractivity contribution >= 4 is 5.97 Å². The van der Waals surface area contributed by atoms with E-state index in [1.807, 2.05) is 0 Å². The van der Waals surface area contributed by atoms with E-state index < -0.39 is 0 Å². The lowest BCUT2D eigenvalue weighted by atomic mass is 9.97. The molecule has 1 aromatic rings. The van der Waals surface area contributed by atoms with Crippen LogP contribution in [0.2, 0.25) is 0 Å². The summed E-state index contributed by atoms with van der Waals surface area (Å²) in [4.78, 5) is 20.5. The Morgan fingerprint density at radius 3 is 2.61 bits per heavy atom. The van der Waals surface area contributed by atoms with Gasteiger partial charge in [0.2, 0.25) is 0 Å². The van der Waals surface area contributed by atoms with Crippen LogP contribution in [0.4, 0.5) is 0 Å². The second kappa shape index (κ2) is 4.67. The van der Waals surface area contributed by atoms with Crippen LogP contribution in [0.3, 0.4) is 0 Å². The standard InChI is InChI=1S/C14H18N2O2/c1-2-18-14(17)11-7-8-15-13(16-11)12(9-3-4-9)10-5-6-10/h7-10,12H,2-6H2,1H3. The second-order valence-corrected chi connectivity index (χ2v) is 5.22. The zero-order chi connectivity index (χ0) is 12.5. The predicted molar refractivity (Wildman–Crippen MR) is 66.2 cm³/mol. The van der Waals surface area contributed by atoms with Crippen LogP contribution in [0.5, 0.6) is 0 Å². The molecular weight excluding hydrogens is 228 g/mol. The van der Waals surface area contributed by atoms with E-state index in [0.717, 1.165) is 17.7 Å². The van der Waals surface area contributed by atoms with Crippen LogP contribution in [0, 0.1) is 11.8 Å². The molecule has 0 saturated heterocycles. The van der Waals surface area contributed by atoms with E-state index in [1.54, 1.807) is 19.2 Å². The topological polar surface area (TPSA) is 52.1 Å². The Morgan fingerprint density at radius 2 is 2.06 bits per heavy atom. The van der Waals surface area contributed by atoms with E-state index in [-0.39, 0.29) is 5.97 Å². The number of carbonyl (C=O) groups is 1. The fourth-order valence-electron chi connectivity index (χ4n) is 2.57. The molecule has 4 heteroatoms.